The first-order valence-corrected chi connectivity index (χ1v) is 6.46. The average molecular weight is 271 g/mol. The Morgan fingerprint density at radius 1 is 1.26 bits per heavy atom. The molecule has 0 amide bonds. The maximum atomic E-state index is 13.6. The lowest BCUT2D eigenvalue weighted by Crippen LogP contribution is -2.41. The van der Waals surface area contributed by atoms with Crippen molar-refractivity contribution in [2.24, 2.45) is 5.41 Å². The second-order valence-corrected chi connectivity index (χ2v) is 6.14. The number of likely N-dealkylation sites (N-methyl/N-ethyl adjacent to an activating group) is 1. The van der Waals surface area contributed by atoms with Crippen molar-refractivity contribution < 1.29 is 13.9 Å². The van der Waals surface area contributed by atoms with Crippen molar-refractivity contribution in [1.29, 1.82) is 0 Å². The van der Waals surface area contributed by atoms with Crippen molar-refractivity contribution in [3.05, 3.63) is 35.4 Å². The van der Waals surface area contributed by atoms with Gasteiger partial charge in [-0.05, 0) is 25.5 Å². The molecule has 4 heteroatoms. The molecule has 0 spiro atoms. The summed E-state index contributed by atoms with van der Waals surface area (Å²) in [6.07, 6.45) is -1.04. The SMILES string of the molecule is CC(N(C)CC(O)c1cccc(F)c1F)C(C)(C)C. The Morgan fingerprint density at radius 3 is 2.37 bits per heavy atom. The molecule has 0 aliphatic heterocycles. The lowest BCUT2D eigenvalue weighted by Gasteiger charge is -2.36. The fourth-order valence-corrected chi connectivity index (χ4v) is 1.97. The molecule has 108 valence electrons. The Balaban J connectivity index is 2.80. The van der Waals surface area contributed by atoms with E-state index in [0.29, 0.717) is 0 Å². The van der Waals surface area contributed by atoms with Crippen LogP contribution in [0.15, 0.2) is 18.2 Å². The molecule has 1 aromatic carbocycles. The molecular weight excluding hydrogens is 248 g/mol. The number of hydrogen-bond acceptors (Lipinski definition) is 2. The zero-order valence-electron chi connectivity index (χ0n) is 12.2. The fourth-order valence-electron chi connectivity index (χ4n) is 1.97. The Bertz CT molecular complexity index is 429. The predicted octanol–water partition coefficient (Wildman–Crippen LogP) is 3.36. The maximum absolute atomic E-state index is 13.6. The molecule has 0 bridgehead atoms. The van der Waals surface area contributed by atoms with Gasteiger partial charge in [0, 0.05) is 18.2 Å². The van der Waals surface area contributed by atoms with Crippen molar-refractivity contribution in [3.8, 4) is 0 Å². The van der Waals surface area contributed by atoms with Crippen molar-refractivity contribution in [2.45, 2.75) is 39.8 Å². The largest absolute Gasteiger partial charge is 0.387 e. The minimum absolute atomic E-state index is 0.00737. The number of benzene rings is 1. The first-order valence-electron chi connectivity index (χ1n) is 6.46. The standard InChI is InChI=1S/C15H23F2NO/c1-10(15(2,3)4)18(5)9-13(19)11-7-6-8-12(16)14(11)17/h6-8,10,13,19H,9H2,1-5H3. The molecule has 1 rings (SSSR count). The topological polar surface area (TPSA) is 23.5 Å². The summed E-state index contributed by atoms with van der Waals surface area (Å²) in [5.74, 6) is -1.89. The van der Waals surface area contributed by atoms with E-state index in [1.807, 2.05) is 11.9 Å². The van der Waals surface area contributed by atoms with Gasteiger partial charge >= 0.3 is 0 Å². The van der Waals surface area contributed by atoms with E-state index in [4.69, 9.17) is 0 Å². The third kappa shape index (κ3) is 3.98. The first-order chi connectivity index (χ1) is 8.64. The van der Waals surface area contributed by atoms with Gasteiger partial charge in [-0.15, -0.1) is 0 Å². The Hall–Kier alpha value is -1.00. The van der Waals surface area contributed by atoms with E-state index in [1.165, 1.54) is 12.1 Å². The van der Waals surface area contributed by atoms with E-state index in [0.717, 1.165) is 6.07 Å². The van der Waals surface area contributed by atoms with E-state index in [-0.39, 0.29) is 23.6 Å². The number of aliphatic hydroxyl groups excluding tert-OH is 1. The van der Waals surface area contributed by atoms with Gasteiger partial charge in [-0.1, -0.05) is 32.9 Å². The molecule has 19 heavy (non-hydrogen) atoms. The number of aliphatic hydroxyl groups is 1. The van der Waals surface area contributed by atoms with Crippen molar-refractivity contribution in [1.82, 2.24) is 4.90 Å². The molecule has 1 aromatic rings. The molecule has 0 radical (unpaired) electrons. The van der Waals surface area contributed by atoms with Crippen LogP contribution in [-0.4, -0.2) is 29.6 Å². The summed E-state index contributed by atoms with van der Waals surface area (Å²) in [5, 5.41) is 10.1. The van der Waals surface area contributed by atoms with Crippen LogP contribution in [0.2, 0.25) is 0 Å². The molecule has 0 saturated heterocycles. The zero-order valence-corrected chi connectivity index (χ0v) is 12.2. The van der Waals surface area contributed by atoms with Crippen LogP contribution in [0.1, 0.15) is 39.4 Å². The average Bonchev–Trinajstić information content (AvgIpc) is 2.30. The van der Waals surface area contributed by atoms with E-state index >= 15 is 0 Å². The molecular formula is C15H23F2NO. The van der Waals surface area contributed by atoms with E-state index in [1.54, 1.807) is 0 Å². The summed E-state index contributed by atoms with van der Waals surface area (Å²) in [5.41, 5.74) is 0.0579. The highest BCUT2D eigenvalue weighted by Crippen LogP contribution is 2.26. The van der Waals surface area contributed by atoms with E-state index in [2.05, 4.69) is 27.7 Å². The van der Waals surface area contributed by atoms with Gasteiger partial charge in [-0.3, -0.25) is 0 Å². The van der Waals surface area contributed by atoms with Gasteiger partial charge in [-0.25, -0.2) is 8.78 Å². The molecule has 2 nitrogen and oxygen atoms in total. The molecule has 0 heterocycles. The second-order valence-electron chi connectivity index (χ2n) is 6.14. The van der Waals surface area contributed by atoms with Gasteiger partial charge in [0.15, 0.2) is 11.6 Å². The highest BCUT2D eigenvalue weighted by atomic mass is 19.2. The molecule has 0 aliphatic rings. The van der Waals surface area contributed by atoms with Gasteiger partial charge in [0.2, 0.25) is 0 Å². The second kappa shape index (κ2) is 5.97. The Morgan fingerprint density at radius 2 is 1.84 bits per heavy atom. The lowest BCUT2D eigenvalue weighted by molar-refractivity contribution is 0.0694. The van der Waals surface area contributed by atoms with Crippen molar-refractivity contribution >= 4 is 0 Å². The summed E-state index contributed by atoms with van der Waals surface area (Å²) in [7, 11) is 1.87. The lowest BCUT2D eigenvalue weighted by atomic mass is 9.87. The summed E-state index contributed by atoms with van der Waals surface area (Å²) in [6, 6.07) is 4.08. The zero-order chi connectivity index (χ0) is 14.8. The van der Waals surface area contributed by atoms with Gasteiger partial charge in [0.25, 0.3) is 0 Å². The Kier molecular flexibility index (Phi) is 5.04. The molecule has 1 N–H and O–H groups in total. The minimum atomic E-state index is -1.04. The van der Waals surface area contributed by atoms with Crippen LogP contribution >= 0.6 is 0 Å². The summed E-state index contributed by atoms with van der Waals surface area (Å²) >= 11 is 0. The highest BCUT2D eigenvalue weighted by Gasteiger charge is 2.26. The first kappa shape index (κ1) is 16.1. The monoisotopic (exact) mass is 271 g/mol. The molecule has 0 aromatic heterocycles. The Labute approximate surface area is 114 Å². The van der Waals surface area contributed by atoms with Crippen LogP contribution < -0.4 is 0 Å². The van der Waals surface area contributed by atoms with Crippen LogP contribution in [0.25, 0.3) is 0 Å². The molecule has 0 saturated carbocycles. The van der Waals surface area contributed by atoms with Gasteiger partial charge in [0.05, 0.1) is 6.10 Å². The maximum Gasteiger partial charge on any atom is 0.164 e. The molecule has 2 atom stereocenters. The molecule has 0 fully saturated rings. The van der Waals surface area contributed by atoms with Crippen LogP contribution in [0.4, 0.5) is 8.78 Å². The minimum Gasteiger partial charge on any atom is -0.387 e. The molecule has 2 unspecified atom stereocenters. The highest BCUT2D eigenvalue weighted by molar-refractivity contribution is 5.21. The number of halogens is 2. The fraction of sp³-hybridized carbons (Fsp3) is 0.600. The van der Waals surface area contributed by atoms with Crippen LogP contribution in [0.5, 0.6) is 0 Å². The summed E-state index contributed by atoms with van der Waals surface area (Å²) in [4.78, 5) is 1.95. The summed E-state index contributed by atoms with van der Waals surface area (Å²) in [6.45, 7) is 8.61. The molecule has 0 aliphatic carbocycles. The predicted molar refractivity (Wildman–Crippen MR) is 72.9 cm³/mol. The number of nitrogens with zero attached hydrogens (tertiary/aromatic N) is 1. The number of hydrogen-bond donors (Lipinski definition) is 1. The normalized spacial score (nSPS) is 15.6. The smallest absolute Gasteiger partial charge is 0.164 e. The van der Waals surface area contributed by atoms with Crippen molar-refractivity contribution in [3.63, 3.8) is 0 Å². The van der Waals surface area contributed by atoms with Crippen LogP contribution in [0, 0.1) is 17.0 Å². The van der Waals surface area contributed by atoms with Gasteiger partial charge in [0.1, 0.15) is 0 Å². The van der Waals surface area contributed by atoms with Gasteiger partial charge < -0.3 is 10.0 Å². The van der Waals surface area contributed by atoms with E-state index in [9.17, 15) is 13.9 Å². The third-order valence-electron chi connectivity index (χ3n) is 3.72. The number of rotatable bonds is 4. The van der Waals surface area contributed by atoms with Crippen LogP contribution in [-0.2, 0) is 0 Å². The van der Waals surface area contributed by atoms with Gasteiger partial charge in [-0.2, -0.15) is 0 Å². The van der Waals surface area contributed by atoms with Crippen LogP contribution in [0.3, 0.4) is 0 Å². The van der Waals surface area contributed by atoms with Crippen molar-refractivity contribution in [2.75, 3.05) is 13.6 Å². The third-order valence-corrected chi connectivity index (χ3v) is 3.72. The quantitative estimate of drug-likeness (QED) is 0.907. The van der Waals surface area contributed by atoms with E-state index < -0.39 is 17.7 Å². The summed E-state index contributed by atoms with van der Waals surface area (Å²) < 4.78 is 26.7.